The molecule has 3 saturated heterocycles. The van der Waals surface area contributed by atoms with Crippen LogP contribution >= 0.6 is 11.3 Å². The van der Waals surface area contributed by atoms with Crippen LogP contribution in [0.2, 0.25) is 0 Å². The molecule has 1 amide bonds. The highest BCUT2D eigenvalue weighted by atomic mass is 32.1. The second-order valence-corrected chi connectivity index (χ2v) is 9.31. The average molecular weight is 484 g/mol. The Kier molecular flexibility index (Phi) is 4.76. The number of aliphatic hydroxyl groups is 1. The van der Waals surface area contributed by atoms with E-state index in [0.29, 0.717) is 30.8 Å². The normalized spacial score (nSPS) is 20.8. The number of thiazole rings is 1. The largest absolute Gasteiger partial charge is 0.573 e. The summed E-state index contributed by atoms with van der Waals surface area (Å²) in [7, 11) is 0. The number of hydrogen-bond acceptors (Lipinski definition) is 8. The lowest BCUT2D eigenvalue weighted by Crippen LogP contribution is -2.70. The minimum absolute atomic E-state index is 0.0393. The third-order valence-corrected chi connectivity index (χ3v) is 6.47. The van der Waals surface area contributed by atoms with Gasteiger partial charge in [0, 0.05) is 29.6 Å². The molecule has 3 aliphatic rings. The van der Waals surface area contributed by atoms with E-state index >= 15 is 0 Å². The van der Waals surface area contributed by atoms with Gasteiger partial charge in [-0.3, -0.25) is 4.90 Å². The predicted octanol–water partition coefficient (Wildman–Crippen LogP) is 4.02. The number of hydrogen-bond donors (Lipinski definition) is 2. The van der Waals surface area contributed by atoms with Gasteiger partial charge in [0.25, 0.3) is 6.01 Å². The first-order chi connectivity index (χ1) is 15.4. The molecule has 3 aromatic rings. The van der Waals surface area contributed by atoms with Gasteiger partial charge >= 0.3 is 12.5 Å². The Morgan fingerprint density at radius 3 is 2.55 bits per heavy atom. The number of benzene rings is 1. The lowest BCUT2D eigenvalue weighted by atomic mass is 9.88. The van der Waals surface area contributed by atoms with Gasteiger partial charge in [-0.15, -0.1) is 24.5 Å². The van der Waals surface area contributed by atoms with Crippen molar-refractivity contribution in [1.82, 2.24) is 14.9 Å². The van der Waals surface area contributed by atoms with E-state index in [9.17, 15) is 28.2 Å². The summed E-state index contributed by atoms with van der Waals surface area (Å²) in [5.41, 5.74) is 0.431. The summed E-state index contributed by atoms with van der Waals surface area (Å²) < 4.78 is 50.2. The molecule has 9 nitrogen and oxygen atoms in total. The highest BCUT2D eigenvalue weighted by molar-refractivity contribution is 7.07. The van der Waals surface area contributed by atoms with E-state index in [1.165, 1.54) is 36.2 Å². The third-order valence-electron chi connectivity index (χ3n) is 5.88. The van der Waals surface area contributed by atoms with Crippen LogP contribution in [0.25, 0.3) is 22.4 Å². The van der Waals surface area contributed by atoms with Crippen molar-refractivity contribution in [3.05, 3.63) is 22.5 Å². The van der Waals surface area contributed by atoms with E-state index in [4.69, 9.17) is 4.42 Å². The summed E-state index contributed by atoms with van der Waals surface area (Å²) in [6, 6.07) is 0.938. The van der Waals surface area contributed by atoms with Gasteiger partial charge in [0.15, 0.2) is 16.8 Å². The predicted molar refractivity (Wildman–Crippen MR) is 111 cm³/mol. The molecule has 3 aliphatic heterocycles. The topological polar surface area (TPSA) is 112 Å². The molecule has 1 aromatic carbocycles. The number of carboxylic acid groups (broad SMARTS) is 1. The Labute approximate surface area is 189 Å². The maximum Gasteiger partial charge on any atom is 0.573 e. The lowest BCUT2D eigenvalue weighted by Gasteiger charge is -2.54. The Bertz CT molecular complexity index is 1210. The fourth-order valence-corrected chi connectivity index (χ4v) is 5.02. The van der Waals surface area contributed by atoms with Crippen molar-refractivity contribution >= 4 is 34.5 Å². The summed E-state index contributed by atoms with van der Waals surface area (Å²) in [5, 5.41) is 21.7. The first kappa shape index (κ1) is 21.8. The number of nitrogens with zero attached hydrogens (tertiary/aromatic N) is 4. The second kappa shape index (κ2) is 7.22. The molecule has 5 heterocycles. The van der Waals surface area contributed by atoms with Crippen molar-refractivity contribution < 1.29 is 37.3 Å². The molecule has 0 radical (unpaired) electrons. The first-order valence-corrected chi connectivity index (χ1v) is 11.0. The van der Waals surface area contributed by atoms with Gasteiger partial charge in [-0.25, -0.2) is 9.78 Å². The van der Waals surface area contributed by atoms with Crippen molar-refractivity contribution in [2.24, 2.45) is 0 Å². The molecule has 0 spiro atoms. The highest BCUT2D eigenvalue weighted by Crippen LogP contribution is 2.45. The molecule has 3 fully saturated rings. The monoisotopic (exact) mass is 484 g/mol. The summed E-state index contributed by atoms with van der Waals surface area (Å²) in [4.78, 5) is 23.0. The van der Waals surface area contributed by atoms with Crippen molar-refractivity contribution in [3.63, 3.8) is 0 Å². The van der Waals surface area contributed by atoms with Crippen molar-refractivity contribution in [2.75, 3.05) is 18.0 Å². The zero-order valence-corrected chi connectivity index (χ0v) is 18.3. The van der Waals surface area contributed by atoms with Crippen molar-refractivity contribution in [2.45, 2.75) is 44.3 Å². The van der Waals surface area contributed by atoms with Crippen LogP contribution in [0, 0.1) is 0 Å². The number of anilines is 1. The zero-order valence-electron chi connectivity index (χ0n) is 17.5. The standard InChI is InChI=1S/C20H19F3N4O5S/c1-19(2,30)12-4-11(13-7-33-8-24-13)15-14(16(12)32-20(21,22)23)25-17(31-15)26-5-9-3-10(6-26)27(9)18(28)29/h4,7-10,30H,3,5-6H2,1-2H3,(H,28,29). The van der Waals surface area contributed by atoms with Gasteiger partial charge in [0.2, 0.25) is 0 Å². The first-order valence-electron chi connectivity index (χ1n) is 10.0. The number of oxazole rings is 1. The Morgan fingerprint density at radius 1 is 1.30 bits per heavy atom. The Balaban J connectivity index is 1.66. The Hall–Kier alpha value is -3.06. The number of carbonyl (C=O) groups is 1. The van der Waals surface area contributed by atoms with Crippen LogP contribution in [-0.2, 0) is 5.60 Å². The molecule has 0 aliphatic carbocycles. The van der Waals surface area contributed by atoms with Gasteiger partial charge in [-0.1, -0.05) is 0 Å². The number of piperazine rings is 1. The molecule has 2 unspecified atom stereocenters. The SMILES string of the molecule is CC(C)(O)c1cc(-c2cscn2)c2oc(N3CC4CC(C3)N4C(=O)O)nc2c1OC(F)(F)F. The van der Waals surface area contributed by atoms with E-state index in [2.05, 4.69) is 14.7 Å². The molecule has 0 saturated carbocycles. The van der Waals surface area contributed by atoms with Crippen LogP contribution in [0.3, 0.4) is 0 Å². The number of piperidine rings is 1. The van der Waals surface area contributed by atoms with E-state index in [1.54, 1.807) is 15.8 Å². The summed E-state index contributed by atoms with van der Waals surface area (Å²) >= 11 is 1.30. The molecule has 2 atom stereocenters. The number of alkyl halides is 3. The van der Waals surface area contributed by atoms with Crippen LogP contribution in [-0.4, -0.2) is 62.7 Å². The zero-order chi connectivity index (χ0) is 23.7. The van der Waals surface area contributed by atoms with Crippen LogP contribution in [0.4, 0.5) is 24.0 Å². The number of ether oxygens (including phenoxy) is 1. The maximum absolute atomic E-state index is 13.3. The molecule has 2 bridgehead atoms. The van der Waals surface area contributed by atoms with E-state index < -0.39 is 23.8 Å². The second-order valence-electron chi connectivity index (χ2n) is 8.59. The van der Waals surface area contributed by atoms with Crippen LogP contribution in [0.5, 0.6) is 5.75 Å². The molecule has 33 heavy (non-hydrogen) atoms. The summed E-state index contributed by atoms with van der Waals surface area (Å²) in [6.45, 7) is 3.30. The van der Waals surface area contributed by atoms with Crippen molar-refractivity contribution in [3.8, 4) is 17.0 Å². The molecule has 13 heteroatoms. The van der Waals surface area contributed by atoms with Gasteiger partial charge in [-0.2, -0.15) is 4.98 Å². The minimum atomic E-state index is -5.02. The molecule has 176 valence electrons. The number of rotatable bonds is 4. The highest BCUT2D eigenvalue weighted by Gasteiger charge is 2.48. The van der Waals surface area contributed by atoms with E-state index in [1.807, 2.05) is 0 Å². The van der Waals surface area contributed by atoms with Crippen LogP contribution in [0.1, 0.15) is 25.8 Å². The number of aromatic nitrogens is 2. The summed E-state index contributed by atoms with van der Waals surface area (Å²) in [6.07, 6.45) is -5.32. The molecular weight excluding hydrogens is 465 g/mol. The fourth-order valence-electron chi connectivity index (χ4n) is 4.47. The van der Waals surface area contributed by atoms with Crippen LogP contribution < -0.4 is 9.64 Å². The van der Waals surface area contributed by atoms with Gasteiger partial charge < -0.3 is 24.3 Å². The van der Waals surface area contributed by atoms with Crippen LogP contribution in [0.15, 0.2) is 21.4 Å². The quantitative estimate of drug-likeness (QED) is 0.571. The van der Waals surface area contributed by atoms with E-state index in [0.717, 1.165) is 0 Å². The fraction of sp³-hybridized carbons (Fsp3) is 0.450. The van der Waals surface area contributed by atoms with E-state index in [-0.39, 0.29) is 34.8 Å². The number of fused-ring (bicyclic) bond motifs is 3. The average Bonchev–Trinajstić information content (AvgIpc) is 3.36. The third kappa shape index (κ3) is 3.74. The Morgan fingerprint density at radius 2 is 2.00 bits per heavy atom. The molecule has 6 rings (SSSR count). The van der Waals surface area contributed by atoms with Gasteiger partial charge in [0.1, 0.15) is 0 Å². The molecule has 2 aromatic heterocycles. The smallest absolute Gasteiger partial charge is 0.465 e. The van der Waals surface area contributed by atoms with Crippen molar-refractivity contribution in [1.29, 1.82) is 0 Å². The number of halogens is 3. The minimum Gasteiger partial charge on any atom is -0.465 e. The van der Waals surface area contributed by atoms with Gasteiger partial charge in [-0.05, 0) is 26.3 Å². The molecule has 2 N–H and O–H groups in total. The number of amides is 1. The summed E-state index contributed by atoms with van der Waals surface area (Å²) in [5.74, 6) is -0.645. The molecular formula is C20H19F3N4O5S. The van der Waals surface area contributed by atoms with Gasteiger partial charge in [0.05, 0.1) is 28.9 Å². The lowest BCUT2D eigenvalue weighted by molar-refractivity contribution is -0.274. The maximum atomic E-state index is 13.3.